The summed E-state index contributed by atoms with van der Waals surface area (Å²) in [5, 5.41) is 0. The van der Waals surface area contributed by atoms with Gasteiger partial charge in [-0.05, 0) is 12.1 Å². The minimum absolute atomic E-state index is 0.344. The second-order valence-corrected chi connectivity index (χ2v) is 5.74. The topological polar surface area (TPSA) is 35.5 Å². The Morgan fingerprint density at radius 2 is 1.16 bits per heavy atom. The van der Waals surface area contributed by atoms with Crippen molar-refractivity contribution < 1.29 is 14.3 Å². The lowest BCUT2D eigenvalue weighted by Gasteiger charge is -2.35. The minimum Gasteiger partial charge on any atom is -0.497 e. The third-order valence-electron chi connectivity index (χ3n) is 4.15. The summed E-state index contributed by atoms with van der Waals surface area (Å²) in [4.78, 5) is 12.1. The van der Waals surface area contributed by atoms with E-state index < -0.39 is 5.60 Å². The fraction of sp³-hybridized carbons (Fsp3) is 0.136. The zero-order chi connectivity index (χ0) is 17.7. The quantitative estimate of drug-likeness (QED) is 0.508. The molecule has 0 aromatic heterocycles. The molecule has 0 aliphatic rings. The Bertz CT molecular complexity index is 785. The first kappa shape index (κ1) is 16.8. The number of hydrogen-bond donors (Lipinski definition) is 0. The highest BCUT2D eigenvalue weighted by Gasteiger charge is 2.39. The van der Waals surface area contributed by atoms with Crippen LogP contribution in [0.15, 0.2) is 84.9 Å². The number of benzene rings is 3. The summed E-state index contributed by atoms with van der Waals surface area (Å²) in [7, 11) is 1.63. The van der Waals surface area contributed by atoms with E-state index in [1.54, 1.807) is 7.11 Å². The third-order valence-corrected chi connectivity index (χ3v) is 4.15. The van der Waals surface area contributed by atoms with Crippen molar-refractivity contribution in [2.45, 2.75) is 12.5 Å². The van der Waals surface area contributed by atoms with Crippen LogP contribution < -0.4 is 4.74 Å². The Kier molecular flexibility index (Phi) is 4.85. The smallest absolute Gasteiger partial charge is 0.304 e. The third kappa shape index (κ3) is 3.26. The molecule has 0 atom stereocenters. The molecule has 0 unspecified atom stereocenters. The molecule has 0 aliphatic heterocycles. The highest BCUT2D eigenvalue weighted by Crippen LogP contribution is 2.41. The van der Waals surface area contributed by atoms with Gasteiger partial charge in [0, 0.05) is 23.6 Å². The molecule has 3 rings (SSSR count). The van der Waals surface area contributed by atoms with Crippen LogP contribution in [0.2, 0.25) is 0 Å². The van der Waals surface area contributed by atoms with Gasteiger partial charge in [-0.25, -0.2) is 0 Å². The van der Waals surface area contributed by atoms with Gasteiger partial charge in [0.2, 0.25) is 0 Å². The second kappa shape index (κ2) is 7.22. The summed E-state index contributed by atoms with van der Waals surface area (Å²) in [5.74, 6) is 0.408. The van der Waals surface area contributed by atoms with Crippen molar-refractivity contribution in [2.75, 3.05) is 7.11 Å². The molecule has 3 nitrogen and oxygen atoms in total. The molecular formula is C22H20O3. The van der Waals surface area contributed by atoms with E-state index in [0.717, 1.165) is 22.4 Å². The largest absolute Gasteiger partial charge is 0.497 e. The maximum Gasteiger partial charge on any atom is 0.304 e. The lowest BCUT2D eigenvalue weighted by Crippen LogP contribution is -2.34. The standard InChI is InChI=1S/C22H20O3/c1-17(23)25-22(18-9-5-3-6-10-18,19-11-7-4-8-12-19)20-13-15-21(24-2)16-14-20/h3-16H,1-2H3. The Morgan fingerprint density at radius 3 is 1.56 bits per heavy atom. The molecule has 0 saturated carbocycles. The number of methoxy groups -OCH3 is 1. The van der Waals surface area contributed by atoms with Gasteiger partial charge >= 0.3 is 5.97 Å². The molecule has 3 heteroatoms. The SMILES string of the molecule is COc1ccc(C(OC(C)=O)(c2ccccc2)c2ccccc2)cc1. The van der Waals surface area contributed by atoms with E-state index in [0.29, 0.717) is 0 Å². The van der Waals surface area contributed by atoms with Crippen molar-refractivity contribution in [1.29, 1.82) is 0 Å². The Balaban J connectivity index is 2.29. The van der Waals surface area contributed by atoms with Crippen LogP contribution in [0.4, 0.5) is 0 Å². The molecule has 0 fully saturated rings. The zero-order valence-electron chi connectivity index (χ0n) is 14.3. The fourth-order valence-corrected chi connectivity index (χ4v) is 3.06. The van der Waals surface area contributed by atoms with E-state index in [9.17, 15) is 4.79 Å². The van der Waals surface area contributed by atoms with Crippen molar-refractivity contribution in [3.05, 3.63) is 102 Å². The van der Waals surface area contributed by atoms with E-state index in [4.69, 9.17) is 9.47 Å². The van der Waals surface area contributed by atoms with E-state index in [2.05, 4.69) is 0 Å². The lowest BCUT2D eigenvalue weighted by molar-refractivity contribution is -0.150. The average Bonchev–Trinajstić information content (AvgIpc) is 2.67. The van der Waals surface area contributed by atoms with Gasteiger partial charge in [-0.3, -0.25) is 4.79 Å². The van der Waals surface area contributed by atoms with Gasteiger partial charge in [-0.15, -0.1) is 0 Å². The van der Waals surface area contributed by atoms with E-state index in [1.165, 1.54) is 6.92 Å². The summed E-state index contributed by atoms with van der Waals surface area (Å²) in [6, 6.07) is 27.2. The number of esters is 1. The van der Waals surface area contributed by atoms with Crippen LogP contribution in [0.5, 0.6) is 5.75 Å². The summed E-state index contributed by atoms with van der Waals surface area (Å²) < 4.78 is 11.3. The molecular weight excluding hydrogens is 312 g/mol. The number of carbonyl (C=O) groups is 1. The van der Waals surface area contributed by atoms with E-state index in [1.807, 2.05) is 84.9 Å². The molecule has 126 valence electrons. The van der Waals surface area contributed by atoms with Crippen molar-refractivity contribution in [1.82, 2.24) is 0 Å². The van der Waals surface area contributed by atoms with Crippen molar-refractivity contribution >= 4 is 5.97 Å². The summed E-state index contributed by atoms with van der Waals surface area (Å²) >= 11 is 0. The predicted molar refractivity (Wildman–Crippen MR) is 97.5 cm³/mol. The first-order chi connectivity index (χ1) is 12.2. The summed E-state index contributed by atoms with van der Waals surface area (Å²) in [6.45, 7) is 1.43. The first-order valence-corrected chi connectivity index (χ1v) is 8.12. The monoisotopic (exact) mass is 332 g/mol. The lowest BCUT2D eigenvalue weighted by atomic mass is 9.80. The molecule has 0 amide bonds. The normalized spacial score (nSPS) is 11.0. The van der Waals surface area contributed by atoms with Crippen LogP contribution in [-0.4, -0.2) is 13.1 Å². The van der Waals surface area contributed by atoms with Crippen LogP contribution in [-0.2, 0) is 15.1 Å². The number of rotatable bonds is 5. The van der Waals surface area contributed by atoms with Crippen LogP contribution in [0.3, 0.4) is 0 Å². The predicted octanol–water partition coefficient (Wildman–Crippen LogP) is 4.55. The number of carbonyl (C=O) groups excluding carboxylic acids is 1. The van der Waals surface area contributed by atoms with Crippen molar-refractivity contribution in [3.8, 4) is 5.75 Å². The highest BCUT2D eigenvalue weighted by atomic mass is 16.6. The molecule has 0 saturated heterocycles. The molecule has 0 radical (unpaired) electrons. The van der Waals surface area contributed by atoms with Gasteiger partial charge in [0.1, 0.15) is 5.75 Å². The zero-order valence-corrected chi connectivity index (χ0v) is 14.3. The van der Waals surface area contributed by atoms with Gasteiger partial charge in [-0.2, -0.15) is 0 Å². The molecule has 0 heterocycles. The van der Waals surface area contributed by atoms with Gasteiger partial charge in [0.15, 0.2) is 5.60 Å². The second-order valence-electron chi connectivity index (χ2n) is 5.74. The number of ether oxygens (including phenoxy) is 2. The molecule has 3 aromatic rings. The summed E-state index contributed by atoms with van der Waals surface area (Å²) in [6.07, 6.45) is 0. The molecule has 3 aromatic carbocycles. The van der Waals surface area contributed by atoms with E-state index >= 15 is 0 Å². The first-order valence-electron chi connectivity index (χ1n) is 8.12. The summed E-state index contributed by atoms with van der Waals surface area (Å²) in [5.41, 5.74) is 1.63. The maximum absolute atomic E-state index is 12.1. The van der Waals surface area contributed by atoms with Crippen LogP contribution in [0.25, 0.3) is 0 Å². The van der Waals surface area contributed by atoms with Crippen molar-refractivity contribution in [3.63, 3.8) is 0 Å². The van der Waals surface area contributed by atoms with Gasteiger partial charge in [-0.1, -0.05) is 72.8 Å². The Morgan fingerprint density at radius 1 is 0.720 bits per heavy atom. The molecule has 25 heavy (non-hydrogen) atoms. The van der Waals surface area contributed by atoms with Crippen LogP contribution >= 0.6 is 0 Å². The van der Waals surface area contributed by atoms with Crippen molar-refractivity contribution in [2.24, 2.45) is 0 Å². The highest BCUT2D eigenvalue weighted by molar-refractivity contribution is 5.69. The number of hydrogen-bond acceptors (Lipinski definition) is 3. The fourth-order valence-electron chi connectivity index (χ4n) is 3.06. The molecule has 0 spiro atoms. The van der Waals surface area contributed by atoms with Gasteiger partial charge in [0.05, 0.1) is 7.11 Å². The molecule has 0 N–H and O–H groups in total. The van der Waals surface area contributed by atoms with Gasteiger partial charge < -0.3 is 9.47 Å². The Hall–Kier alpha value is -3.07. The van der Waals surface area contributed by atoms with Crippen LogP contribution in [0.1, 0.15) is 23.6 Å². The van der Waals surface area contributed by atoms with E-state index in [-0.39, 0.29) is 5.97 Å². The van der Waals surface area contributed by atoms with Crippen LogP contribution in [0, 0.1) is 0 Å². The Labute approximate surface area is 147 Å². The molecule has 0 aliphatic carbocycles. The minimum atomic E-state index is -1.01. The molecule has 0 bridgehead atoms. The maximum atomic E-state index is 12.1. The van der Waals surface area contributed by atoms with Gasteiger partial charge in [0.25, 0.3) is 0 Å². The average molecular weight is 332 g/mol.